The van der Waals surface area contributed by atoms with E-state index >= 15 is 0 Å². The van der Waals surface area contributed by atoms with Crippen molar-refractivity contribution in [3.8, 4) is 0 Å². The lowest BCUT2D eigenvalue weighted by atomic mass is 10.1. The van der Waals surface area contributed by atoms with E-state index in [1.54, 1.807) is 6.20 Å². The summed E-state index contributed by atoms with van der Waals surface area (Å²) in [5.41, 5.74) is 1.08. The van der Waals surface area contributed by atoms with E-state index < -0.39 is 24.3 Å². The number of hydrogen-bond donors (Lipinski definition) is 3. The summed E-state index contributed by atoms with van der Waals surface area (Å²) in [6.07, 6.45) is -3.90. The molecule has 4 rings (SSSR count). The predicted octanol–water partition coefficient (Wildman–Crippen LogP) is 3.15. The van der Waals surface area contributed by atoms with E-state index in [1.807, 2.05) is 18.2 Å². The largest absolute Gasteiger partial charge is 0.490 e. The topological polar surface area (TPSA) is 130 Å². The Morgan fingerprint density at radius 1 is 1.03 bits per heavy atom. The Hall–Kier alpha value is -3.40. The molecule has 0 unspecified atom stereocenters. The number of anilines is 1. The quantitative estimate of drug-likeness (QED) is 0.500. The first-order valence-corrected chi connectivity index (χ1v) is 10.9. The van der Waals surface area contributed by atoms with E-state index in [9.17, 15) is 26.3 Å². The van der Waals surface area contributed by atoms with Gasteiger partial charge in [-0.2, -0.15) is 26.3 Å². The zero-order chi connectivity index (χ0) is 27.6. The molecule has 0 radical (unpaired) electrons. The van der Waals surface area contributed by atoms with Gasteiger partial charge in [-0.15, -0.1) is 0 Å². The molecule has 16 heteroatoms. The Kier molecular flexibility index (Phi) is 10.7. The highest BCUT2D eigenvalue weighted by Crippen LogP contribution is 2.21. The summed E-state index contributed by atoms with van der Waals surface area (Å²) in [4.78, 5) is 29.5. The number of rotatable bonds is 4. The van der Waals surface area contributed by atoms with E-state index in [0.29, 0.717) is 12.6 Å². The number of alkyl halides is 6. The normalized spacial score (nSPS) is 16.4. The van der Waals surface area contributed by atoms with E-state index in [-0.39, 0.29) is 0 Å². The van der Waals surface area contributed by atoms with Crippen molar-refractivity contribution in [3.63, 3.8) is 0 Å². The van der Waals surface area contributed by atoms with Crippen molar-refractivity contribution in [3.05, 3.63) is 42.1 Å². The number of nitrogens with zero attached hydrogens (tertiary/aromatic N) is 4. The Labute approximate surface area is 206 Å². The second-order valence-corrected chi connectivity index (χ2v) is 7.83. The minimum Gasteiger partial charge on any atom is -0.475 e. The van der Waals surface area contributed by atoms with Crippen LogP contribution in [0.4, 0.5) is 32.2 Å². The zero-order valence-electron chi connectivity index (χ0n) is 19.3. The highest BCUT2D eigenvalue weighted by atomic mass is 19.4. The van der Waals surface area contributed by atoms with Gasteiger partial charge in [0.2, 0.25) is 0 Å². The van der Waals surface area contributed by atoms with Gasteiger partial charge >= 0.3 is 24.3 Å². The number of fused-ring (bicyclic) bond motifs is 1. The van der Waals surface area contributed by atoms with Gasteiger partial charge in [0.25, 0.3) is 0 Å². The highest BCUT2D eigenvalue weighted by Gasteiger charge is 2.38. The molecule has 0 spiro atoms. The van der Waals surface area contributed by atoms with Gasteiger partial charge in [-0.3, -0.25) is 4.90 Å². The number of pyridine rings is 1. The fourth-order valence-corrected chi connectivity index (χ4v) is 3.43. The number of ether oxygens (including phenoxy) is 1. The third kappa shape index (κ3) is 10.2. The molecule has 37 heavy (non-hydrogen) atoms. The van der Waals surface area contributed by atoms with Crippen LogP contribution in [0.3, 0.4) is 0 Å². The number of carboxylic acid groups (broad SMARTS) is 2. The van der Waals surface area contributed by atoms with Crippen molar-refractivity contribution in [2.75, 3.05) is 25.1 Å². The molecular weight excluding hydrogens is 516 g/mol. The summed E-state index contributed by atoms with van der Waals surface area (Å²) >= 11 is 0. The van der Waals surface area contributed by atoms with Crippen molar-refractivity contribution in [2.45, 2.75) is 50.9 Å². The second kappa shape index (κ2) is 13.2. The summed E-state index contributed by atoms with van der Waals surface area (Å²) in [5, 5.41) is 17.6. The maximum Gasteiger partial charge on any atom is 0.490 e. The molecule has 0 atom stereocenters. The molecule has 4 heterocycles. The standard InChI is InChI=1S/C17H23N5O.2C2HF3O2/c1-2-6-18-16(3-1)19-11-14-12-22-8-7-21(13-17(22)20-14)15-4-9-23-10-5-15;2*3-2(4,5)1(6)7/h1-3,6,12,15H,4-5,7-11,13H2,(H,18,19);2*(H,6,7). The fourth-order valence-electron chi connectivity index (χ4n) is 3.43. The fraction of sp³-hybridized carbons (Fsp3) is 0.524. The van der Waals surface area contributed by atoms with E-state index in [1.165, 1.54) is 5.82 Å². The second-order valence-electron chi connectivity index (χ2n) is 7.83. The van der Waals surface area contributed by atoms with Crippen LogP contribution in [0.2, 0.25) is 0 Å². The maximum absolute atomic E-state index is 10.6. The van der Waals surface area contributed by atoms with Gasteiger partial charge in [-0.1, -0.05) is 6.07 Å². The molecule has 0 aromatic carbocycles. The van der Waals surface area contributed by atoms with Crippen molar-refractivity contribution >= 4 is 17.8 Å². The number of halogens is 6. The Bertz CT molecular complexity index is 985. The molecule has 0 bridgehead atoms. The van der Waals surface area contributed by atoms with E-state index in [0.717, 1.165) is 57.2 Å². The predicted molar refractivity (Wildman–Crippen MR) is 115 cm³/mol. The first kappa shape index (κ1) is 29.8. The lowest BCUT2D eigenvalue weighted by molar-refractivity contribution is -0.193. The molecule has 2 aliphatic heterocycles. The van der Waals surface area contributed by atoms with Crippen LogP contribution in [0, 0.1) is 0 Å². The monoisotopic (exact) mass is 541 g/mol. The average molecular weight is 541 g/mol. The van der Waals surface area contributed by atoms with Gasteiger partial charge in [-0.05, 0) is 25.0 Å². The number of aromatic nitrogens is 3. The van der Waals surface area contributed by atoms with Gasteiger partial charge in [-0.25, -0.2) is 19.6 Å². The average Bonchev–Trinajstić information content (AvgIpc) is 3.26. The Morgan fingerprint density at radius 3 is 2.14 bits per heavy atom. The molecule has 0 amide bonds. The van der Waals surface area contributed by atoms with Crippen LogP contribution in [0.1, 0.15) is 24.4 Å². The molecule has 10 nitrogen and oxygen atoms in total. The van der Waals surface area contributed by atoms with E-state index in [2.05, 4.69) is 26.0 Å². The summed E-state index contributed by atoms with van der Waals surface area (Å²) in [7, 11) is 0. The summed E-state index contributed by atoms with van der Waals surface area (Å²) in [6, 6.07) is 6.54. The number of imidazole rings is 1. The summed E-state index contributed by atoms with van der Waals surface area (Å²) in [6.45, 7) is 5.61. The van der Waals surface area contributed by atoms with Crippen LogP contribution in [0.5, 0.6) is 0 Å². The highest BCUT2D eigenvalue weighted by molar-refractivity contribution is 5.73. The lowest BCUT2D eigenvalue weighted by Gasteiger charge is -2.36. The minimum atomic E-state index is -5.08. The van der Waals surface area contributed by atoms with Gasteiger partial charge in [0, 0.05) is 44.7 Å². The van der Waals surface area contributed by atoms with Gasteiger partial charge in [0.05, 0.1) is 18.8 Å². The Balaban J connectivity index is 0.000000286. The minimum absolute atomic E-state index is 0.657. The molecule has 2 aromatic rings. The zero-order valence-corrected chi connectivity index (χ0v) is 19.3. The van der Waals surface area contributed by atoms with Crippen molar-refractivity contribution in [2.24, 2.45) is 0 Å². The third-order valence-corrected chi connectivity index (χ3v) is 5.19. The van der Waals surface area contributed by atoms with Crippen LogP contribution < -0.4 is 5.32 Å². The van der Waals surface area contributed by atoms with Gasteiger partial charge in [0.15, 0.2) is 0 Å². The van der Waals surface area contributed by atoms with Gasteiger partial charge in [0.1, 0.15) is 11.6 Å². The van der Waals surface area contributed by atoms with Crippen LogP contribution in [0.25, 0.3) is 0 Å². The number of carboxylic acids is 2. The first-order chi connectivity index (χ1) is 17.3. The molecule has 1 saturated heterocycles. The molecule has 2 aromatic heterocycles. The van der Waals surface area contributed by atoms with Gasteiger partial charge < -0.3 is 24.8 Å². The summed E-state index contributed by atoms with van der Waals surface area (Å²) < 4.78 is 71.2. The van der Waals surface area contributed by atoms with Crippen LogP contribution in [0.15, 0.2) is 30.6 Å². The SMILES string of the molecule is O=C(O)C(F)(F)F.O=C(O)C(F)(F)F.c1ccc(NCc2cn3c(n2)CN(C2CCOCC2)CC3)nc1. The van der Waals surface area contributed by atoms with Crippen molar-refractivity contribution in [1.82, 2.24) is 19.4 Å². The lowest BCUT2D eigenvalue weighted by Crippen LogP contribution is -2.43. The molecule has 206 valence electrons. The number of hydrogen-bond acceptors (Lipinski definition) is 7. The first-order valence-electron chi connectivity index (χ1n) is 10.9. The van der Waals surface area contributed by atoms with Crippen molar-refractivity contribution in [1.29, 1.82) is 0 Å². The van der Waals surface area contributed by atoms with Crippen molar-refractivity contribution < 1.29 is 50.9 Å². The molecule has 2 aliphatic rings. The van der Waals surface area contributed by atoms with Crippen LogP contribution >= 0.6 is 0 Å². The van der Waals surface area contributed by atoms with Crippen LogP contribution in [-0.2, 0) is 34.0 Å². The molecular formula is C21H25F6N5O5. The molecule has 3 N–H and O–H groups in total. The maximum atomic E-state index is 10.6. The number of aliphatic carboxylic acids is 2. The number of nitrogens with one attached hydrogen (secondary N) is 1. The molecule has 0 saturated carbocycles. The molecule has 0 aliphatic carbocycles. The smallest absolute Gasteiger partial charge is 0.475 e. The third-order valence-electron chi connectivity index (χ3n) is 5.19. The van der Waals surface area contributed by atoms with E-state index in [4.69, 9.17) is 29.5 Å². The summed E-state index contributed by atoms with van der Waals surface area (Å²) in [5.74, 6) is -3.44. The Morgan fingerprint density at radius 2 is 1.62 bits per heavy atom. The number of carbonyl (C=O) groups is 2. The van der Waals surface area contributed by atoms with Crippen LogP contribution in [-0.4, -0.2) is 79.7 Å². The molecule has 1 fully saturated rings.